The summed E-state index contributed by atoms with van der Waals surface area (Å²) in [6.45, 7) is 0. The van der Waals surface area contributed by atoms with Gasteiger partial charge in [-0.3, -0.25) is 0 Å². The number of carbonyl (C=O) groups is 1. The van der Waals surface area contributed by atoms with Crippen LogP contribution in [0, 0.1) is 5.82 Å². The van der Waals surface area contributed by atoms with E-state index in [1.165, 1.54) is 24.3 Å². The Morgan fingerprint density at radius 1 is 1.22 bits per heavy atom. The molecule has 0 saturated heterocycles. The molecule has 0 aliphatic rings. The van der Waals surface area contributed by atoms with Crippen molar-refractivity contribution >= 4 is 11.7 Å². The number of hydrogen-bond donors (Lipinski definition) is 2. The lowest BCUT2D eigenvalue weighted by Gasteiger charge is -2.08. The van der Waals surface area contributed by atoms with E-state index in [9.17, 15) is 9.18 Å². The van der Waals surface area contributed by atoms with E-state index in [1.807, 2.05) is 0 Å². The van der Waals surface area contributed by atoms with Gasteiger partial charge in [0.1, 0.15) is 22.9 Å². The van der Waals surface area contributed by atoms with Crippen molar-refractivity contribution in [3.8, 4) is 11.5 Å². The van der Waals surface area contributed by atoms with Gasteiger partial charge >= 0.3 is 5.97 Å². The SMILES string of the molecule is Nc1ccc(Oc2ccccc2C(=O)O)cc1F. The highest BCUT2D eigenvalue weighted by Crippen LogP contribution is 2.27. The Hall–Kier alpha value is -2.56. The zero-order valence-corrected chi connectivity index (χ0v) is 9.26. The number of carboxylic acid groups (broad SMARTS) is 1. The topological polar surface area (TPSA) is 72.5 Å². The van der Waals surface area contributed by atoms with Crippen LogP contribution < -0.4 is 10.5 Å². The van der Waals surface area contributed by atoms with Crippen molar-refractivity contribution in [2.45, 2.75) is 0 Å². The predicted octanol–water partition coefficient (Wildman–Crippen LogP) is 2.90. The lowest BCUT2D eigenvalue weighted by atomic mass is 10.2. The molecule has 0 fully saturated rings. The van der Waals surface area contributed by atoms with Crippen LogP contribution in [0.5, 0.6) is 11.5 Å². The molecule has 0 aliphatic carbocycles. The average Bonchev–Trinajstić information content (AvgIpc) is 2.34. The van der Waals surface area contributed by atoms with E-state index in [2.05, 4.69) is 0 Å². The standard InChI is InChI=1S/C13H10FNO3/c14-10-7-8(5-6-11(10)15)18-12-4-2-1-3-9(12)13(16)17/h1-7H,15H2,(H,16,17). The summed E-state index contributed by atoms with van der Waals surface area (Å²) in [5.74, 6) is -1.38. The molecule has 92 valence electrons. The fourth-order valence-electron chi connectivity index (χ4n) is 1.43. The highest BCUT2D eigenvalue weighted by Gasteiger charge is 2.11. The molecular formula is C13H10FNO3. The molecule has 0 spiro atoms. The summed E-state index contributed by atoms with van der Waals surface area (Å²) in [5, 5.41) is 8.97. The molecule has 5 heteroatoms. The van der Waals surface area contributed by atoms with Gasteiger partial charge in [0.2, 0.25) is 0 Å². The molecule has 0 heterocycles. The van der Waals surface area contributed by atoms with E-state index in [-0.39, 0.29) is 22.7 Å². The van der Waals surface area contributed by atoms with Gasteiger partial charge in [-0.25, -0.2) is 9.18 Å². The lowest BCUT2D eigenvalue weighted by molar-refractivity contribution is 0.0694. The van der Waals surface area contributed by atoms with Crippen LogP contribution in [0.2, 0.25) is 0 Å². The van der Waals surface area contributed by atoms with Gasteiger partial charge in [0.15, 0.2) is 0 Å². The Kier molecular flexibility index (Phi) is 3.14. The number of ether oxygens (including phenoxy) is 1. The first-order valence-corrected chi connectivity index (χ1v) is 5.13. The molecule has 18 heavy (non-hydrogen) atoms. The summed E-state index contributed by atoms with van der Waals surface area (Å²) in [7, 11) is 0. The van der Waals surface area contributed by atoms with E-state index in [0.717, 1.165) is 6.07 Å². The maximum atomic E-state index is 13.2. The second kappa shape index (κ2) is 4.75. The van der Waals surface area contributed by atoms with Crippen LogP contribution in [0.3, 0.4) is 0 Å². The zero-order chi connectivity index (χ0) is 13.1. The summed E-state index contributed by atoms with van der Waals surface area (Å²) in [5.41, 5.74) is 5.35. The Bertz CT molecular complexity index is 599. The van der Waals surface area contributed by atoms with E-state index < -0.39 is 11.8 Å². The maximum Gasteiger partial charge on any atom is 0.339 e. The quantitative estimate of drug-likeness (QED) is 0.818. The number of aromatic carboxylic acids is 1. The number of benzene rings is 2. The second-order valence-corrected chi connectivity index (χ2v) is 3.59. The van der Waals surface area contributed by atoms with Crippen LogP contribution in [-0.4, -0.2) is 11.1 Å². The van der Waals surface area contributed by atoms with E-state index in [0.29, 0.717) is 0 Å². The van der Waals surface area contributed by atoms with Crippen molar-refractivity contribution in [2.75, 3.05) is 5.73 Å². The highest BCUT2D eigenvalue weighted by molar-refractivity contribution is 5.90. The lowest BCUT2D eigenvalue weighted by Crippen LogP contribution is -2.00. The first-order chi connectivity index (χ1) is 8.58. The fraction of sp³-hybridized carbons (Fsp3) is 0. The molecule has 0 aliphatic heterocycles. The summed E-state index contributed by atoms with van der Waals surface area (Å²) >= 11 is 0. The van der Waals surface area contributed by atoms with Crippen LogP contribution in [0.15, 0.2) is 42.5 Å². The molecule has 0 unspecified atom stereocenters. The van der Waals surface area contributed by atoms with Crippen molar-refractivity contribution in [2.24, 2.45) is 0 Å². The van der Waals surface area contributed by atoms with Crippen molar-refractivity contribution in [3.63, 3.8) is 0 Å². The van der Waals surface area contributed by atoms with Crippen LogP contribution >= 0.6 is 0 Å². The van der Waals surface area contributed by atoms with E-state index >= 15 is 0 Å². The maximum absolute atomic E-state index is 13.2. The molecule has 2 aromatic rings. The molecule has 2 aromatic carbocycles. The van der Waals surface area contributed by atoms with Crippen molar-refractivity contribution in [1.82, 2.24) is 0 Å². The summed E-state index contributed by atoms with van der Waals surface area (Å²) in [6, 6.07) is 10.1. The third-order valence-corrected chi connectivity index (χ3v) is 2.32. The number of carboxylic acids is 1. The molecule has 0 bridgehead atoms. The van der Waals surface area contributed by atoms with Crippen molar-refractivity contribution in [3.05, 3.63) is 53.8 Å². The zero-order valence-electron chi connectivity index (χ0n) is 9.26. The third kappa shape index (κ3) is 2.40. The summed E-state index contributed by atoms with van der Waals surface area (Å²) < 4.78 is 18.5. The molecule has 3 N–H and O–H groups in total. The monoisotopic (exact) mass is 247 g/mol. The minimum Gasteiger partial charge on any atom is -0.478 e. The number of rotatable bonds is 3. The number of halogens is 1. The van der Waals surface area contributed by atoms with Gasteiger partial charge in [-0.05, 0) is 24.3 Å². The number of hydrogen-bond acceptors (Lipinski definition) is 3. The smallest absolute Gasteiger partial charge is 0.339 e. The van der Waals surface area contributed by atoms with Gasteiger partial charge in [-0.2, -0.15) is 0 Å². The normalized spacial score (nSPS) is 10.1. The Morgan fingerprint density at radius 3 is 2.61 bits per heavy atom. The first kappa shape index (κ1) is 11.9. The van der Waals surface area contributed by atoms with Gasteiger partial charge in [-0.1, -0.05) is 12.1 Å². The largest absolute Gasteiger partial charge is 0.478 e. The number of para-hydroxylation sites is 1. The van der Waals surface area contributed by atoms with Gasteiger partial charge in [-0.15, -0.1) is 0 Å². The van der Waals surface area contributed by atoms with Crippen LogP contribution in [0.1, 0.15) is 10.4 Å². The molecule has 2 rings (SSSR count). The Morgan fingerprint density at radius 2 is 1.94 bits per heavy atom. The molecular weight excluding hydrogens is 237 g/mol. The highest BCUT2D eigenvalue weighted by atomic mass is 19.1. The fourth-order valence-corrected chi connectivity index (χ4v) is 1.43. The second-order valence-electron chi connectivity index (χ2n) is 3.59. The molecule has 4 nitrogen and oxygen atoms in total. The summed E-state index contributed by atoms with van der Waals surface area (Å²) in [6.07, 6.45) is 0. The molecule has 0 saturated carbocycles. The van der Waals surface area contributed by atoms with Crippen LogP contribution in [0.25, 0.3) is 0 Å². The minimum absolute atomic E-state index is 0.00821. The molecule has 0 amide bonds. The van der Waals surface area contributed by atoms with Crippen molar-refractivity contribution < 1.29 is 19.0 Å². The van der Waals surface area contributed by atoms with Gasteiger partial charge in [0.25, 0.3) is 0 Å². The Labute approximate surface area is 102 Å². The van der Waals surface area contributed by atoms with Crippen LogP contribution in [-0.2, 0) is 0 Å². The third-order valence-electron chi connectivity index (χ3n) is 2.32. The van der Waals surface area contributed by atoms with Crippen molar-refractivity contribution in [1.29, 1.82) is 0 Å². The number of nitrogens with two attached hydrogens (primary N) is 1. The number of anilines is 1. The van der Waals surface area contributed by atoms with Gasteiger partial charge in [0, 0.05) is 6.07 Å². The average molecular weight is 247 g/mol. The van der Waals surface area contributed by atoms with Gasteiger partial charge in [0.05, 0.1) is 5.69 Å². The van der Waals surface area contributed by atoms with E-state index in [1.54, 1.807) is 12.1 Å². The molecule has 0 radical (unpaired) electrons. The van der Waals surface area contributed by atoms with Crippen LogP contribution in [0.4, 0.5) is 10.1 Å². The molecule has 0 aromatic heterocycles. The minimum atomic E-state index is -1.11. The molecule has 0 atom stereocenters. The van der Waals surface area contributed by atoms with E-state index in [4.69, 9.17) is 15.6 Å². The number of nitrogen functional groups attached to an aromatic ring is 1. The first-order valence-electron chi connectivity index (χ1n) is 5.13. The van der Waals surface area contributed by atoms with Gasteiger partial charge < -0.3 is 15.6 Å². The summed E-state index contributed by atoms with van der Waals surface area (Å²) in [4.78, 5) is 11.0. The Balaban J connectivity index is 2.34. The predicted molar refractivity (Wildman–Crippen MR) is 64.3 cm³/mol.